The van der Waals surface area contributed by atoms with Gasteiger partial charge in [-0.3, -0.25) is 9.59 Å². The SMILES string of the molecule is CC[C@@H]1CC(C(=O)OC)C[C@@H](C)C1O[C@@H]1OC(C)[C@@H](C)[C@H](OCc2ccccc2)C1OCc1ccccc1.CC[C@@H]1CC(C(=O)OC)C[C@@H](O)C1O[C@@H]1OC(C)[C@@H](C)[C@H](OCc2ccccc2)C1OCc1ccccc1. The van der Waals surface area contributed by atoms with E-state index in [1.54, 1.807) is 0 Å². The molecule has 18 atom stereocenters. The maximum Gasteiger partial charge on any atom is 0.308 e. The number of hydrogen-bond donors (Lipinski definition) is 1. The largest absolute Gasteiger partial charge is 0.469 e. The van der Waals surface area contributed by atoms with Crippen LogP contribution in [0.25, 0.3) is 0 Å². The molecule has 76 heavy (non-hydrogen) atoms. The summed E-state index contributed by atoms with van der Waals surface area (Å²) in [5, 5.41) is 11.1. The Labute approximate surface area is 452 Å². The summed E-state index contributed by atoms with van der Waals surface area (Å²) in [6, 6.07) is 40.5. The van der Waals surface area contributed by atoms with E-state index in [1.165, 1.54) is 14.2 Å². The lowest BCUT2D eigenvalue weighted by atomic mass is 9.72. The van der Waals surface area contributed by atoms with Gasteiger partial charge in [0.15, 0.2) is 12.6 Å². The molecule has 2 aliphatic heterocycles. The molecule has 4 aromatic carbocycles. The van der Waals surface area contributed by atoms with Gasteiger partial charge >= 0.3 is 11.9 Å². The number of carbonyl (C=O) groups is 2. The van der Waals surface area contributed by atoms with Crippen LogP contribution in [0.1, 0.15) is 109 Å². The topological polar surface area (TPSA) is 147 Å². The Bertz CT molecular complexity index is 2130. The zero-order valence-electron chi connectivity index (χ0n) is 46.4. The van der Waals surface area contributed by atoms with Crippen molar-refractivity contribution in [2.75, 3.05) is 14.2 Å². The number of methoxy groups -OCH3 is 2. The molecule has 0 amide bonds. The summed E-state index contributed by atoms with van der Waals surface area (Å²) >= 11 is 0. The van der Waals surface area contributed by atoms with E-state index < -0.39 is 37.0 Å². The number of hydrogen-bond acceptors (Lipinski definition) is 13. The van der Waals surface area contributed by atoms with E-state index in [4.69, 9.17) is 47.4 Å². The first-order valence-corrected chi connectivity index (χ1v) is 27.9. The van der Waals surface area contributed by atoms with Gasteiger partial charge < -0.3 is 52.5 Å². The van der Waals surface area contributed by atoms with Crippen molar-refractivity contribution >= 4 is 11.9 Å². The minimum atomic E-state index is -0.811. The molecule has 1 N–H and O–H groups in total. The lowest BCUT2D eigenvalue weighted by Gasteiger charge is -2.47. The van der Waals surface area contributed by atoms with Crippen molar-refractivity contribution in [1.82, 2.24) is 0 Å². The average molecular weight is 1050 g/mol. The van der Waals surface area contributed by atoms with E-state index in [9.17, 15) is 14.7 Å². The van der Waals surface area contributed by atoms with E-state index in [2.05, 4.69) is 65.8 Å². The zero-order valence-corrected chi connectivity index (χ0v) is 46.4. The minimum Gasteiger partial charge on any atom is -0.469 e. The summed E-state index contributed by atoms with van der Waals surface area (Å²) in [6.07, 6.45) is -0.104. The molecule has 0 spiro atoms. The normalized spacial score (nSPS) is 33.6. The number of benzene rings is 4. The second-order valence-corrected chi connectivity index (χ2v) is 21.6. The van der Waals surface area contributed by atoms with Crippen LogP contribution in [-0.4, -0.2) is 98.8 Å². The Kier molecular flexibility index (Phi) is 22.9. The molecule has 4 aromatic rings. The summed E-state index contributed by atoms with van der Waals surface area (Å²) in [4.78, 5) is 24.5. The predicted octanol–water partition coefficient (Wildman–Crippen LogP) is 11.1. The fourth-order valence-electron chi connectivity index (χ4n) is 11.6. The van der Waals surface area contributed by atoms with Gasteiger partial charge in [-0.1, -0.05) is 169 Å². The van der Waals surface area contributed by atoms with Crippen molar-refractivity contribution in [1.29, 1.82) is 0 Å². The van der Waals surface area contributed by atoms with E-state index >= 15 is 0 Å². The van der Waals surface area contributed by atoms with Crippen molar-refractivity contribution in [2.45, 2.75) is 181 Å². The molecular weight excluding hydrogens is 965 g/mol. The van der Waals surface area contributed by atoms with Crippen LogP contribution in [-0.2, 0) is 83.4 Å². The molecule has 8 unspecified atom stereocenters. The van der Waals surface area contributed by atoms with Gasteiger partial charge in [-0.15, -0.1) is 0 Å². The van der Waals surface area contributed by atoms with Crippen LogP contribution in [0.4, 0.5) is 0 Å². The maximum absolute atomic E-state index is 12.3. The highest BCUT2D eigenvalue weighted by Gasteiger charge is 2.50. The highest BCUT2D eigenvalue weighted by atomic mass is 16.7. The van der Waals surface area contributed by atoms with Gasteiger partial charge in [0, 0.05) is 11.8 Å². The predicted molar refractivity (Wildman–Crippen MR) is 289 cm³/mol. The number of ether oxygens (including phenoxy) is 10. The Morgan fingerprint density at radius 2 is 0.789 bits per heavy atom. The standard InChI is InChI=1S/C32H44O6.C31H42O7/c1-6-26-18-27(31(33)34-5)17-21(2)28(26)38-32-30(36-20-25-15-11-8-12-16-25)29(22(3)23(4)37-32)35-19-24-13-9-7-10-14-24;1-5-24-16-25(30(33)34-4)17-26(32)28(24)38-31-29(36-19-23-14-10-7-11-15-23)27(20(2)21(3)37-31)35-18-22-12-8-6-9-13-22/h7-16,21-23,26-30,32H,6,17-20H2,1-5H3;6-15,20-21,24-29,31-32H,5,16-19H2,1-4H3/t21-,22-,23?,26-,27?,28?,29+,30?,32+;20-,21?,24-,25?,26-,27+,28?,29?,31+/m11/s1. The maximum atomic E-state index is 12.3. The Hall–Kier alpha value is -4.54. The van der Waals surface area contributed by atoms with Crippen LogP contribution in [0.5, 0.6) is 0 Å². The molecule has 0 aromatic heterocycles. The number of carbonyl (C=O) groups excluding carboxylic acids is 2. The summed E-state index contributed by atoms with van der Waals surface area (Å²) in [5.41, 5.74) is 4.35. The van der Waals surface area contributed by atoms with Gasteiger partial charge in [-0.25, -0.2) is 0 Å². The molecule has 2 saturated carbocycles. The zero-order chi connectivity index (χ0) is 54.1. The first-order chi connectivity index (χ1) is 36.8. The molecule has 0 radical (unpaired) electrons. The quantitative estimate of drug-likeness (QED) is 0.0839. The van der Waals surface area contributed by atoms with E-state index in [0.717, 1.165) is 47.9 Å². The molecule has 2 heterocycles. The molecule has 4 aliphatic rings. The third kappa shape index (κ3) is 15.8. The second kappa shape index (κ2) is 29.4. The first kappa shape index (κ1) is 59.1. The van der Waals surface area contributed by atoms with Crippen molar-refractivity contribution < 1.29 is 62.1 Å². The van der Waals surface area contributed by atoms with Crippen LogP contribution in [0.2, 0.25) is 0 Å². The summed E-state index contributed by atoms with van der Waals surface area (Å²) in [5.74, 6) is -0.237. The molecule has 416 valence electrons. The van der Waals surface area contributed by atoms with Gasteiger partial charge in [0.25, 0.3) is 0 Å². The van der Waals surface area contributed by atoms with Gasteiger partial charge in [0.2, 0.25) is 0 Å². The Morgan fingerprint density at radius 1 is 0.461 bits per heavy atom. The van der Waals surface area contributed by atoms with Crippen molar-refractivity contribution in [2.24, 2.45) is 41.4 Å². The lowest BCUT2D eigenvalue weighted by molar-refractivity contribution is -0.324. The first-order valence-electron chi connectivity index (χ1n) is 27.9. The van der Waals surface area contributed by atoms with Crippen LogP contribution in [0.3, 0.4) is 0 Å². The van der Waals surface area contributed by atoms with E-state index in [-0.39, 0.29) is 83.9 Å². The number of aliphatic hydroxyl groups is 1. The smallest absolute Gasteiger partial charge is 0.308 e. The van der Waals surface area contributed by atoms with Crippen LogP contribution >= 0.6 is 0 Å². The number of esters is 2. The Morgan fingerprint density at radius 3 is 1.14 bits per heavy atom. The molecule has 13 nitrogen and oxygen atoms in total. The molecule has 2 saturated heterocycles. The van der Waals surface area contributed by atoms with E-state index in [0.29, 0.717) is 39.3 Å². The fraction of sp³-hybridized carbons (Fsp3) is 0.587. The highest BCUT2D eigenvalue weighted by molar-refractivity contribution is 5.73. The summed E-state index contributed by atoms with van der Waals surface area (Å²) in [7, 11) is 2.86. The monoisotopic (exact) mass is 1050 g/mol. The van der Waals surface area contributed by atoms with Crippen molar-refractivity contribution in [3.05, 3.63) is 144 Å². The van der Waals surface area contributed by atoms with Gasteiger partial charge in [0.1, 0.15) is 12.2 Å². The molecule has 4 fully saturated rings. The fourth-order valence-corrected chi connectivity index (χ4v) is 11.6. The highest BCUT2D eigenvalue weighted by Crippen LogP contribution is 2.42. The van der Waals surface area contributed by atoms with Gasteiger partial charge in [-0.05, 0) is 79.5 Å². The molecule has 0 bridgehead atoms. The molecule has 13 heteroatoms. The second-order valence-electron chi connectivity index (χ2n) is 21.6. The molecular formula is C63H86O13. The number of rotatable bonds is 20. The Balaban J connectivity index is 0.000000221. The third-order valence-electron chi connectivity index (χ3n) is 16.5. The van der Waals surface area contributed by atoms with Crippen LogP contribution in [0.15, 0.2) is 121 Å². The van der Waals surface area contributed by atoms with E-state index in [1.807, 2.05) is 104 Å². The van der Waals surface area contributed by atoms with Crippen molar-refractivity contribution in [3.8, 4) is 0 Å². The molecule has 2 aliphatic carbocycles. The van der Waals surface area contributed by atoms with Crippen molar-refractivity contribution in [3.63, 3.8) is 0 Å². The van der Waals surface area contributed by atoms with Crippen LogP contribution < -0.4 is 0 Å². The summed E-state index contributed by atoms with van der Waals surface area (Å²) < 4.78 is 62.5. The van der Waals surface area contributed by atoms with Crippen LogP contribution in [0, 0.1) is 41.4 Å². The lowest BCUT2D eigenvalue weighted by Crippen LogP contribution is -2.58. The summed E-state index contributed by atoms with van der Waals surface area (Å²) in [6.45, 7) is 16.5. The van der Waals surface area contributed by atoms with Gasteiger partial charge in [-0.2, -0.15) is 0 Å². The number of aliphatic hydroxyl groups excluding tert-OH is 1. The third-order valence-corrected chi connectivity index (χ3v) is 16.5. The minimum absolute atomic E-state index is 0.0143. The van der Waals surface area contributed by atoms with Gasteiger partial charge in [0.05, 0.1) is 95.2 Å². The molecule has 8 rings (SSSR count). The average Bonchev–Trinajstić information content (AvgIpc) is 3.47.